The fraction of sp³-hybridized carbons (Fsp3) is 0.308. The predicted octanol–water partition coefficient (Wildman–Crippen LogP) is 2.08. The van der Waals surface area contributed by atoms with Crippen LogP contribution in [0, 0.1) is 12.3 Å². The molecule has 0 atom stereocenters. The van der Waals surface area contributed by atoms with Crippen LogP contribution in [0.4, 0.5) is 4.79 Å². The van der Waals surface area contributed by atoms with Crippen LogP contribution in [0.1, 0.15) is 25.0 Å². The lowest BCUT2D eigenvalue weighted by molar-refractivity contribution is 0.0460. The van der Waals surface area contributed by atoms with Crippen LogP contribution in [-0.4, -0.2) is 11.7 Å². The SMILES string of the molecule is C#Cc1cccc(CC(C)(C)OC(N)=O)c1. The van der Waals surface area contributed by atoms with E-state index in [-0.39, 0.29) is 0 Å². The van der Waals surface area contributed by atoms with Crippen molar-refractivity contribution < 1.29 is 9.53 Å². The van der Waals surface area contributed by atoms with Gasteiger partial charge in [0.05, 0.1) is 0 Å². The monoisotopic (exact) mass is 217 g/mol. The van der Waals surface area contributed by atoms with Gasteiger partial charge in [0.25, 0.3) is 0 Å². The molecule has 0 fully saturated rings. The van der Waals surface area contributed by atoms with Gasteiger partial charge in [-0.15, -0.1) is 6.42 Å². The summed E-state index contributed by atoms with van der Waals surface area (Å²) in [5.74, 6) is 2.56. The van der Waals surface area contributed by atoms with Gasteiger partial charge in [-0.25, -0.2) is 4.79 Å². The number of benzene rings is 1. The lowest BCUT2D eigenvalue weighted by atomic mass is 9.97. The summed E-state index contributed by atoms with van der Waals surface area (Å²) in [7, 11) is 0. The van der Waals surface area contributed by atoms with Gasteiger partial charge in [-0.05, 0) is 31.5 Å². The standard InChI is InChI=1S/C13H15NO2/c1-4-10-6-5-7-11(8-10)9-13(2,3)16-12(14)15/h1,5-8H,9H2,2-3H3,(H2,14,15). The number of primary amides is 1. The maximum absolute atomic E-state index is 10.7. The summed E-state index contributed by atoms with van der Waals surface area (Å²) >= 11 is 0. The molecule has 0 unspecified atom stereocenters. The summed E-state index contributed by atoms with van der Waals surface area (Å²) in [6, 6.07) is 7.56. The molecule has 1 aromatic rings. The van der Waals surface area contributed by atoms with Crippen LogP contribution in [0.15, 0.2) is 24.3 Å². The molecule has 0 aliphatic carbocycles. The van der Waals surface area contributed by atoms with Crippen molar-refractivity contribution in [1.29, 1.82) is 0 Å². The Morgan fingerprint density at radius 3 is 2.81 bits per heavy atom. The smallest absolute Gasteiger partial charge is 0.405 e. The number of hydrogen-bond acceptors (Lipinski definition) is 2. The summed E-state index contributed by atoms with van der Waals surface area (Å²) < 4.78 is 5.00. The highest BCUT2D eigenvalue weighted by Crippen LogP contribution is 2.17. The van der Waals surface area contributed by atoms with Crippen molar-refractivity contribution in [3.63, 3.8) is 0 Å². The number of nitrogens with two attached hydrogens (primary N) is 1. The fourth-order valence-electron chi connectivity index (χ4n) is 1.57. The van der Waals surface area contributed by atoms with Crippen LogP contribution in [0.3, 0.4) is 0 Å². The van der Waals surface area contributed by atoms with Gasteiger partial charge in [0, 0.05) is 12.0 Å². The van der Waals surface area contributed by atoms with Crippen molar-refractivity contribution in [2.24, 2.45) is 5.73 Å². The van der Waals surface area contributed by atoms with E-state index < -0.39 is 11.7 Å². The maximum atomic E-state index is 10.7. The molecule has 1 amide bonds. The Kier molecular flexibility index (Phi) is 3.57. The Morgan fingerprint density at radius 1 is 1.56 bits per heavy atom. The highest BCUT2D eigenvalue weighted by atomic mass is 16.6. The van der Waals surface area contributed by atoms with E-state index in [1.807, 2.05) is 24.3 Å². The number of terminal acetylenes is 1. The van der Waals surface area contributed by atoms with E-state index in [4.69, 9.17) is 16.9 Å². The third-order valence-electron chi connectivity index (χ3n) is 2.10. The zero-order valence-electron chi connectivity index (χ0n) is 9.49. The van der Waals surface area contributed by atoms with Crippen molar-refractivity contribution >= 4 is 6.09 Å². The van der Waals surface area contributed by atoms with E-state index in [9.17, 15) is 4.79 Å². The molecule has 0 saturated carbocycles. The van der Waals surface area contributed by atoms with E-state index >= 15 is 0 Å². The van der Waals surface area contributed by atoms with E-state index in [0.29, 0.717) is 6.42 Å². The average molecular weight is 217 g/mol. The summed E-state index contributed by atoms with van der Waals surface area (Å²) in [4.78, 5) is 10.7. The van der Waals surface area contributed by atoms with E-state index in [2.05, 4.69) is 5.92 Å². The van der Waals surface area contributed by atoms with Gasteiger partial charge in [-0.2, -0.15) is 0 Å². The zero-order valence-corrected chi connectivity index (χ0v) is 9.49. The summed E-state index contributed by atoms with van der Waals surface area (Å²) in [6.07, 6.45) is 5.12. The van der Waals surface area contributed by atoms with Gasteiger partial charge in [0.1, 0.15) is 5.60 Å². The Balaban J connectivity index is 2.80. The molecule has 1 rings (SSSR count). The molecular weight excluding hydrogens is 202 g/mol. The molecule has 0 heterocycles. The van der Waals surface area contributed by atoms with Gasteiger partial charge in [-0.1, -0.05) is 18.1 Å². The van der Waals surface area contributed by atoms with Crippen LogP contribution in [0.5, 0.6) is 0 Å². The molecule has 0 spiro atoms. The number of ether oxygens (including phenoxy) is 1. The second-order valence-electron chi connectivity index (χ2n) is 4.20. The lowest BCUT2D eigenvalue weighted by Gasteiger charge is -2.24. The largest absolute Gasteiger partial charge is 0.443 e. The number of rotatable bonds is 3. The molecule has 16 heavy (non-hydrogen) atoms. The van der Waals surface area contributed by atoms with Gasteiger partial charge < -0.3 is 10.5 Å². The summed E-state index contributed by atoms with van der Waals surface area (Å²) in [5.41, 5.74) is 6.20. The summed E-state index contributed by atoms with van der Waals surface area (Å²) in [5, 5.41) is 0. The molecule has 0 radical (unpaired) electrons. The number of hydrogen-bond donors (Lipinski definition) is 1. The fourth-order valence-corrected chi connectivity index (χ4v) is 1.57. The third kappa shape index (κ3) is 3.66. The highest BCUT2D eigenvalue weighted by Gasteiger charge is 2.22. The first kappa shape index (κ1) is 12.1. The second-order valence-corrected chi connectivity index (χ2v) is 4.20. The van der Waals surface area contributed by atoms with Crippen LogP contribution >= 0.6 is 0 Å². The van der Waals surface area contributed by atoms with Gasteiger partial charge in [0.2, 0.25) is 0 Å². The van der Waals surface area contributed by atoms with E-state index in [1.54, 1.807) is 13.8 Å². The Labute approximate surface area is 95.6 Å². The minimum Gasteiger partial charge on any atom is -0.443 e. The van der Waals surface area contributed by atoms with Crippen molar-refractivity contribution in [2.75, 3.05) is 0 Å². The van der Waals surface area contributed by atoms with Crippen LogP contribution < -0.4 is 5.73 Å². The number of amides is 1. The lowest BCUT2D eigenvalue weighted by Crippen LogP contribution is -2.33. The molecule has 0 aliphatic rings. The quantitative estimate of drug-likeness (QED) is 0.788. The average Bonchev–Trinajstić information content (AvgIpc) is 2.15. The number of carbonyl (C=O) groups is 1. The molecule has 0 aromatic heterocycles. The van der Waals surface area contributed by atoms with Crippen molar-refractivity contribution in [3.8, 4) is 12.3 Å². The van der Waals surface area contributed by atoms with Crippen molar-refractivity contribution in [3.05, 3.63) is 35.4 Å². The predicted molar refractivity (Wildman–Crippen MR) is 62.8 cm³/mol. The summed E-state index contributed by atoms with van der Waals surface area (Å²) in [6.45, 7) is 3.61. The molecule has 3 nitrogen and oxygen atoms in total. The third-order valence-corrected chi connectivity index (χ3v) is 2.10. The molecule has 2 N–H and O–H groups in total. The molecule has 0 bridgehead atoms. The first-order valence-electron chi connectivity index (χ1n) is 4.97. The van der Waals surface area contributed by atoms with Gasteiger partial charge in [-0.3, -0.25) is 0 Å². The zero-order chi connectivity index (χ0) is 12.2. The van der Waals surface area contributed by atoms with Crippen LogP contribution in [-0.2, 0) is 11.2 Å². The minimum absolute atomic E-state index is 0.575. The number of carbonyl (C=O) groups excluding carboxylic acids is 1. The molecule has 0 aliphatic heterocycles. The second kappa shape index (κ2) is 4.71. The molecular formula is C13H15NO2. The van der Waals surface area contributed by atoms with E-state index in [1.165, 1.54) is 0 Å². The topological polar surface area (TPSA) is 52.3 Å². The molecule has 3 heteroatoms. The van der Waals surface area contributed by atoms with Gasteiger partial charge in [0.15, 0.2) is 0 Å². The highest BCUT2D eigenvalue weighted by molar-refractivity contribution is 5.65. The first-order chi connectivity index (χ1) is 7.43. The van der Waals surface area contributed by atoms with Crippen molar-refractivity contribution in [1.82, 2.24) is 0 Å². The Bertz CT molecular complexity index is 430. The molecule has 84 valence electrons. The van der Waals surface area contributed by atoms with Crippen LogP contribution in [0.2, 0.25) is 0 Å². The van der Waals surface area contributed by atoms with Crippen molar-refractivity contribution in [2.45, 2.75) is 25.9 Å². The first-order valence-corrected chi connectivity index (χ1v) is 4.97. The van der Waals surface area contributed by atoms with E-state index in [0.717, 1.165) is 11.1 Å². The van der Waals surface area contributed by atoms with Gasteiger partial charge >= 0.3 is 6.09 Å². The Hall–Kier alpha value is -1.95. The molecule has 1 aromatic carbocycles. The van der Waals surface area contributed by atoms with Crippen LogP contribution in [0.25, 0.3) is 0 Å². The molecule has 0 saturated heterocycles. The maximum Gasteiger partial charge on any atom is 0.405 e. The normalized spacial score (nSPS) is 10.6. The minimum atomic E-state index is -0.766. The Morgan fingerprint density at radius 2 is 2.25 bits per heavy atom.